The third-order valence-corrected chi connectivity index (χ3v) is 4.11. The molecular weight excluding hydrogens is 226 g/mol. The Kier molecular flexibility index (Phi) is 3.06. The standard InChI is InChI=1S/C14H19N3O/c15-8-13-10-17(12-6-7-16(13)9-12)14(18)11-4-2-1-3-5-11/h1-5,12-13H,6-10,15H2/t12-,13-/m1/s1. The number of piperazine rings is 1. The Labute approximate surface area is 107 Å². The molecule has 2 bridgehead atoms. The van der Waals surface area contributed by atoms with E-state index in [1.807, 2.05) is 35.2 Å². The van der Waals surface area contributed by atoms with E-state index in [0.717, 1.165) is 31.6 Å². The molecule has 96 valence electrons. The van der Waals surface area contributed by atoms with Crippen molar-refractivity contribution in [1.29, 1.82) is 0 Å². The Balaban J connectivity index is 1.81. The van der Waals surface area contributed by atoms with Crippen LogP contribution in [-0.4, -0.2) is 54.0 Å². The normalized spacial score (nSPS) is 30.5. The molecule has 18 heavy (non-hydrogen) atoms. The topological polar surface area (TPSA) is 49.6 Å². The zero-order valence-electron chi connectivity index (χ0n) is 10.5. The summed E-state index contributed by atoms with van der Waals surface area (Å²) in [6.07, 6.45) is 1.08. The van der Waals surface area contributed by atoms with E-state index in [0.29, 0.717) is 18.6 Å². The van der Waals surface area contributed by atoms with Gasteiger partial charge in [0.05, 0.1) is 0 Å². The molecule has 4 nitrogen and oxygen atoms in total. The molecule has 0 radical (unpaired) electrons. The first-order chi connectivity index (χ1) is 8.79. The third kappa shape index (κ3) is 1.91. The summed E-state index contributed by atoms with van der Waals surface area (Å²) in [4.78, 5) is 17.0. The van der Waals surface area contributed by atoms with Crippen molar-refractivity contribution in [3.05, 3.63) is 35.9 Å². The molecule has 0 aromatic heterocycles. The van der Waals surface area contributed by atoms with Crippen LogP contribution in [-0.2, 0) is 0 Å². The van der Waals surface area contributed by atoms with Gasteiger partial charge in [-0.2, -0.15) is 0 Å². The van der Waals surface area contributed by atoms with Crippen molar-refractivity contribution in [2.75, 3.05) is 26.2 Å². The molecule has 0 spiro atoms. The fraction of sp³-hybridized carbons (Fsp3) is 0.500. The Morgan fingerprint density at radius 2 is 2.06 bits per heavy atom. The maximum Gasteiger partial charge on any atom is 0.254 e. The van der Waals surface area contributed by atoms with Gasteiger partial charge in [-0.1, -0.05) is 18.2 Å². The molecule has 1 aromatic carbocycles. The summed E-state index contributed by atoms with van der Waals surface area (Å²) < 4.78 is 0. The van der Waals surface area contributed by atoms with Crippen molar-refractivity contribution in [1.82, 2.24) is 9.80 Å². The van der Waals surface area contributed by atoms with Crippen LogP contribution in [0.5, 0.6) is 0 Å². The molecule has 0 saturated carbocycles. The average molecular weight is 245 g/mol. The summed E-state index contributed by atoms with van der Waals surface area (Å²) in [5.74, 6) is 0.153. The monoisotopic (exact) mass is 245 g/mol. The van der Waals surface area contributed by atoms with Gasteiger partial charge in [0, 0.05) is 43.8 Å². The summed E-state index contributed by atoms with van der Waals surface area (Å²) in [7, 11) is 0. The van der Waals surface area contributed by atoms with Crippen molar-refractivity contribution >= 4 is 5.91 Å². The van der Waals surface area contributed by atoms with Crippen LogP contribution >= 0.6 is 0 Å². The van der Waals surface area contributed by atoms with Crippen LogP contribution in [0.25, 0.3) is 0 Å². The Morgan fingerprint density at radius 3 is 2.78 bits per heavy atom. The van der Waals surface area contributed by atoms with E-state index in [2.05, 4.69) is 4.90 Å². The molecule has 2 aliphatic heterocycles. The number of benzene rings is 1. The molecule has 3 rings (SSSR count). The number of hydrogen-bond acceptors (Lipinski definition) is 3. The van der Waals surface area contributed by atoms with Crippen LogP contribution in [0.15, 0.2) is 30.3 Å². The summed E-state index contributed by atoms with van der Waals surface area (Å²) in [5, 5.41) is 0. The van der Waals surface area contributed by atoms with Gasteiger partial charge in [-0.05, 0) is 18.6 Å². The molecule has 4 heteroatoms. The first-order valence-electron chi connectivity index (χ1n) is 6.59. The van der Waals surface area contributed by atoms with Gasteiger partial charge < -0.3 is 10.6 Å². The second kappa shape index (κ2) is 4.71. The largest absolute Gasteiger partial charge is 0.333 e. The minimum Gasteiger partial charge on any atom is -0.333 e. The second-order valence-electron chi connectivity index (χ2n) is 5.15. The van der Waals surface area contributed by atoms with Crippen LogP contribution < -0.4 is 5.73 Å². The van der Waals surface area contributed by atoms with E-state index in [1.165, 1.54) is 0 Å². The number of nitrogens with zero attached hydrogens (tertiary/aromatic N) is 2. The highest BCUT2D eigenvalue weighted by atomic mass is 16.2. The molecule has 1 amide bonds. The van der Waals surface area contributed by atoms with Gasteiger partial charge in [0.25, 0.3) is 5.91 Å². The predicted octanol–water partition coefficient (Wildman–Crippen LogP) is 0.544. The van der Waals surface area contributed by atoms with Gasteiger partial charge in [-0.15, -0.1) is 0 Å². The quantitative estimate of drug-likeness (QED) is 0.827. The zero-order valence-corrected chi connectivity index (χ0v) is 10.5. The molecule has 1 unspecified atom stereocenters. The summed E-state index contributed by atoms with van der Waals surface area (Å²) in [6.45, 7) is 3.46. The van der Waals surface area contributed by atoms with Crippen molar-refractivity contribution in [3.8, 4) is 0 Å². The number of fused-ring (bicyclic) bond motifs is 2. The van der Waals surface area contributed by atoms with Gasteiger partial charge in [0.2, 0.25) is 0 Å². The van der Waals surface area contributed by atoms with Crippen LogP contribution in [0.4, 0.5) is 0 Å². The zero-order chi connectivity index (χ0) is 12.5. The van der Waals surface area contributed by atoms with Crippen LogP contribution in [0.3, 0.4) is 0 Å². The summed E-state index contributed by atoms with van der Waals surface area (Å²) in [5.41, 5.74) is 6.59. The lowest BCUT2D eigenvalue weighted by Gasteiger charge is -2.39. The number of hydrogen-bond donors (Lipinski definition) is 1. The molecular formula is C14H19N3O. The fourth-order valence-corrected chi connectivity index (χ4v) is 3.06. The Bertz CT molecular complexity index is 434. The molecule has 2 heterocycles. The number of rotatable bonds is 2. The second-order valence-corrected chi connectivity index (χ2v) is 5.15. The van der Waals surface area contributed by atoms with Crippen molar-refractivity contribution < 1.29 is 4.79 Å². The predicted molar refractivity (Wildman–Crippen MR) is 70.3 cm³/mol. The van der Waals surface area contributed by atoms with Crippen LogP contribution in [0.1, 0.15) is 16.8 Å². The molecule has 2 saturated heterocycles. The SMILES string of the molecule is NC[C@@H]1CN(C(=O)c2ccccc2)[C@@H]2CCN1C2. The minimum atomic E-state index is 0.153. The minimum absolute atomic E-state index is 0.153. The van der Waals surface area contributed by atoms with E-state index in [-0.39, 0.29) is 5.91 Å². The smallest absolute Gasteiger partial charge is 0.254 e. The summed E-state index contributed by atoms with van der Waals surface area (Å²) >= 11 is 0. The van der Waals surface area contributed by atoms with E-state index in [9.17, 15) is 4.79 Å². The van der Waals surface area contributed by atoms with Gasteiger partial charge in [0.1, 0.15) is 0 Å². The first kappa shape index (κ1) is 11.7. The number of amides is 1. The lowest BCUT2D eigenvalue weighted by atomic mass is 10.1. The van der Waals surface area contributed by atoms with Crippen molar-refractivity contribution in [2.24, 2.45) is 5.73 Å². The van der Waals surface area contributed by atoms with E-state index < -0.39 is 0 Å². The maximum absolute atomic E-state index is 12.5. The fourth-order valence-electron chi connectivity index (χ4n) is 3.06. The highest BCUT2D eigenvalue weighted by molar-refractivity contribution is 5.94. The first-order valence-corrected chi connectivity index (χ1v) is 6.59. The Morgan fingerprint density at radius 1 is 1.28 bits per heavy atom. The van der Waals surface area contributed by atoms with Crippen LogP contribution in [0.2, 0.25) is 0 Å². The van der Waals surface area contributed by atoms with E-state index >= 15 is 0 Å². The molecule has 2 N–H and O–H groups in total. The number of carbonyl (C=O) groups is 1. The molecule has 1 aromatic rings. The average Bonchev–Trinajstić information content (AvgIpc) is 2.84. The van der Waals surface area contributed by atoms with Gasteiger partial charge in [-0.3, -0.25) is 9.69 Å². The van der Waals surface area contributed by atoms with E-state index in [1.54, 1.807) is 0 Å². The Hall–Kier alpha value is -1.39. The maximum atomic E-state index is 12.5. The van der Waals surface area contributed by atoms with Gasteiger partial charge in [0.15, 0.2) is 0 Å². The lowest BCUT2D eigenvalue weighted by molar-refractivity contribution is 0.0507. The van der Waals surface area contributed by atoms with Crippen molar-refractivity contribution in [2.45, 2.75) is 18.5 Å². The summed E-state index contributed by atoms with van der Waals surface area (Å²) in [6, 6.07) is 10.3. The van der Waals surface area contributed by atoms with E-state index in [4.69, 9.17) is 5.73 Å². The lowest BCUT2D eigenvalue weighted by Crippen LogP contribution is -2.56. The molecule has 2 fully saturated rings. The number of nitrogens with two attached hydrogens (primary N) is 1. The highest BCUT2D eigenvalue weighted by Gasteiger charge is 2.40. The van der Waals surface area contributed by atoms with Gasteiger partial charge in [-0.25, -0.2) is 0 Å². The molecule has 3 atom stereocenters. The van der Waals surface area contributed by atoms with Crippen LogP contribution in [0, 0.1) is 0 Å². The molecule has 2 aliphatic rings. The number of carbonyl (C=O) groups excluding carboxylic acids is 1. The third-order valence-electron chi connectivity index (χ3n) is 4.11. The van der Waals surface area contributed by atoms with Gasteiger partial charge >= 0.3 is 0 Å². The van der Waals surface area contributed by atoms with Crippen molar-refractivity contribution in [3.63, 3.8) is 0 Å². The molecule has 0 aliphatic carbocycles. The highest BCUT2D eigenvalue weighted by Crippen LogP contribution is 2.25.